The molecule has 0 aliphatic carbocycles. The topological polar surface area (TPSA) is 71.5 Å². The van der Waals surface area contributed by atoms with Crippen molar-refractivity contribution in [3.05, 3.63) is 29.3 Å². The Morgan fingerprint density at radius 2 is 1.70 bits per heavy atom. The van der Waals surface area contributed by atoms with Crippen molar-refractivity contribution in [2.45, 2.75) is 19.3 Å². The third-order valence-corrected chi connectivity index (χ3v) is 6.94. The summed E-state index contributed by atoms with van der Waals surface area (Å²) in [5, 5.41) is 0.608. The lowest BCUT2D eigenvalue weighted by Gasteiger charge is -2.44. The van der Waals surface area contributed by atoms with Gasteiger partial charge in [0.2, 0.25) is 11.8 Å². The maximum Gasteiger partial charge on any atom is 0.236 e. The monoisotopic (exact) mass is 479 g/mol. The summed E-state index contributed by atoms with van der Waals surface area (Å²) in [5.41, 5.74) is -0.434. The number of amides is 2. The van der Waals surface area contributed by atoms with E-state index in [4.69, 9.17) is 25.8 Å². The number of benzene rings is 1. The molecule has 1 aromatic rings. The normalized spacial score (nSPS) is 24.5. The molecule has 1 unspecified atom stereocenters. The molecule has 3 saturated heterocycles. The van der Waals surface area contributed by atoms with Crippen molar-refractivity contribution in [2.24, 2.45) is 5.41 Å². The number of rotatable bonds is 7. The molecule has 0 bridgehead atoms. The van der Waals surface area contributed by atoms with Crippen molar-refractivity contribution in [1.29, 1.82) is 0 Å². The van der Waals surface area contributed by atoms with Crippen molar-refractivity contribution in [3.8, 4) is 5.75 Å². The minimum atomic E-state index is -0.434. The Hall–Kier alpha value is -1.87. The second-order valence-electron chi connectivity index (χ2n) is 9.22. The lowest BCUT2D eigenvalue weighted by Crippen LogP contribution is -2.54. The fourth-order valence-corrected chi connectivity index (χ4v) is 5.00. The van der Waals surface area contributed by atoms with E-state index in [1.807, 2.05) is 21.9 Å². The van der Waals surface area contributed by atoms with Crippen LogP contribution in [0.3, 0.4) is 0 Å². The van der Waals surface area contributed by atoms with Crippen LogP contribution in [0.25, 0.3) is 0 Å². The van der Waals surface area contributed by atoms with Gasteiger partial charge in [-0.2, -0.15) is 0 Å². The Morgan fingerprint density at radius 1 is 0.970 bits per heavy atom. The average Bonchev–Trinajstić information content (AvgIpc) is 2.84. The first-order chi connectivity index (χ1) is 16.0. The Labute approximate surface area is 200 Å². The van der Waals surface area contributed by atoms with Gasteiger partial charge in [0.15, 0.2) is 0 Å². The molecule has 1 aromatic carbocycles. The van der Waals surface area contributed by atoms with Crippen LogP contribution in [0.2, 0.25) is 5.02 Å². The number of hydrogen-bond acceptors (Lipinski definition) is 6. The molecule has 0 saturated carbocycles. The van der Waals surface area contributed by atoms with E-state index >= 15 is 0 Å². The van der Waals surface area contributed by atoms with Gasteiger partial charge in [0.25, 0.3) is 0 Å². The van der Waals surface area contributed by atoms with Gasteiger partial charge in [0.05, 0.1) is 39.6 Å². The zero-order valence-electron chi connectivity index (χ0n) is 19.2. The van der Waals surface area contributed by atoms with Gasteiger partial charge in [-0.25, -0.2) is 0 Å². The van der Waals surface area contributed by atoms with E-state index in [2.05, 4.69) is 4.90 Å². The van der Waals surface area contributed by atoms with Crippen molar-refractivity contribution < 1.29 is 23.8 Å². The number of halogens is 1. The quantitative estimate of drug-likeness (QED) is 0.595. The fraction of sp³-hybridized carbons (Fsp3) is 0.667. The average molecular weight is 480 g/mol. The molecule has 3 heterocycles. The highest BCUT2D eigenvalue weighted by Gasteiger charge is 2.41. The molecule has 1 atom stereocenters. The lowest BCUT2D eigenvalue weighted by atomic mass is 9.77. The second-order valence-corrected chi connectivity index (χ2v) is 9.66. The number of morpholine rings is 2. The maximum atomic E-state index is 13.2. The van der Waals surface area contributed by atoms with Gasteiger partial charge >= 0.3 is 0 Å². The largest absolute Gasteiger partial charge is 0.493 e. The lowest BCUT2D eigenvalue weighted by molar-refractivity contribution is -0.144. The first kappa shape index (κ1) is 24.3. The zero-order valence-corrected chi connectivity index (χ0v) is 19.9. The van der Waals surface area contributed by atoms with Crippen LogP contribution in [0.15, 0.2) is 24.3 Å². The molecular weight excluding hydrogens is 446 g/mol. The predicted octanol–water partition coefficient (Wildman–Crippen LogP) is 1.91. The van der Waals surface area contributed by atoms with E-state index in [0.29, 0.717) is 83.0 Å². The van der Waals surface area contributed by atoms with Gasteiger partial charge in [-0.15, -0.1) is 0 Å². The highest BCUT2D eigenvalue weighted by Crippen LogP contribution is 2.36. The summed E-state index contributed by atoms with van der Waals surface area (Å²) < 4.78 is 17.0. The van der Waals surface area contributed by atoms with Crippen molar-refractivity contribution in [2.75, 3.05) is 78.8 Å². The Balaban J connectivity index is 1.45. The first-order valence-electron chi connectivity index (χ1n) is 11.8. The highest BCUT2D eigenvalue weighted by atomic mass is 35.5. The molecule has 3 aliphatic heterocycles. The summed E-state index contributed by atoms with van der Waals surface area (Å²) >= 11 is 6.13. The summed E-state index contributed by atoms with van der Waals surface area (Å²) in [6.07, 6.45) is 2.05. The van der Waals surface area contributed by atoms with Gasteiger partial charge in [-0.05, 0) is 31.0 Å². The number of ether oxygens (including phenoxy) is 3. The van der Waals surface area contributed by atoms with E-state index in [1.165, 1.54) is 0 Å². The van der Waals surface area contributed by atoms with Crippen molar-refractivity contribution >= 4 is 23.4 Å². The predicted molar refractivity (Wildman–Crippen MR) is 124 cm³/mol. The number of carbonyl (C=O) groups is 2. The van der Waals surface area contributed by atoms with E-state index in [1.54, 1.807) is 12.1 Å². The van der Waals surface area contributed by atoms with Gasteiger partial charge < -0.3 is 24.0 Å². The van der Waals surface area contributed by atoms with Crippen LogP contribution < -0.4 is 4.74 Å². The number of nitrogens with zero attached hydrogens (tertiary/aromatic N) is 3. The Bertz CT molecular complexity index is 813. The third kappa shape index (κ3) is 6.82. The molecule has 8 nitrogen and oxygen atoms in total. The van der Waals surface area contributed by atoms with Crippen LogP contribution in [0.5, 0.6) is 5.75 Å². The number of piperidine rings is 1. The van der Waals surface area contributed by atoms with E-state index < -0.39 is 5.41 Å². The molecule has 2 amide bonds. The zero-order chi connectivity index (χ0) is 23.1. The van der Waals surface area contributed by atoms with Crippen LogP contribution >= 0.6 is 11.6 Å². The molecule has 33 heavy (non-hydrogen) atoms. The molecular formula is C24H34ClN3O5. The SMILES string of the molecule is O=C(CC1(COc2cccc(Cl)c2)CCCN(C(=O)CN2CCOCC2)C1)N1CCOCC1. The third-order valence-electron chi connectivity index (χ3n) is 6.71. The van der Waals surface area contributed by atoms with Gasteiger partial charge in [0, 0.05) is 56.1 Å². The molecule has 3 aliphatic rings. The van der Waals surface area contributed by atoms with Crippen LogP contribution in [0.1, 0.15) is 19.3 Å². The summed E-state index contributed by atoms with van der Waals surface area (Å²) in [4.78, 5) is 32.3. The first-order valence-corrected chi connectivity index (χ1v) is 12.2. The highest BCUT2D eigenvalue weighted by molar-refractivity contribution is 6.30. The summed E-state index contributed by atoms with van der Waals surface area (Å²) in [5.74, 6) is 0.899. The number of carbonyl (C=O) groups excluding carboxylic acids is 2. The molecule has 9 heteroatoms. The van der Waals surface area contributed by atoms with Crippen LogP contribution in [0, 0.1) is 5.41 Å². The molecule has 3 fully saturated rings. The minimum absolute atomic E-state index is 0.107. The fourth-order valence-electron chi connectivity index (χ4n) is 4.82. The van der Waals surface area contributed by atoms with E-state index in [-0.39, 0.29) is 11.8 Å². The van der Waals surface area contributed by atoms with Crippen LogP contribution in [-0.4, -0.2) is 105 Å². The second kappa shape index (κ2) is 11.5. The van der Waals surface area contributed by atoms with Gasteiger partial charge in [-0.1, -0.05) is 17.7 Å². The molecule has 0 N–H and O–H groups in total. The standard InChI is InChI=1S/C24H34ClN3O5/c25-20-3-1-4-21(15-20)33-19-24(16-22(29)27-9-13-32-14-10-27)5-2-6-28(18-24)23(30)17-26-7-11-31-12-8-26/h1,3-4,15H,2,5-14,16-19H2. The summed E-state index contributed by atoms with van der Waals surface area (Å²) in [6.45, 7) is 7.25. The van der Waals surface area contributed by atoms with Crippen LogP contribution in [0.4, 0.5) is 0 Å². The maximum absolute atomic E-state index is 13.2. The van der Waals surface area contributed by atoms with Crippen molar-refractivity contribution in [3.63, 3.8) is 0 Å². The van der Waals surface area contributed by atoms with Gasteiger partial charge in [-0.3, -0.25) is 14.5 Å². The van der Waals surface area contributed by atoms with Crippen molar-refractivity contribution in [1.82, 2.24) is 14.7 Å². The smallest absolute Gasteiger partial charge is 0.236 e. The number of likely N-dealkylation sites (tertiary alicyclic amines) is 1. The molecule has 4 rings (SSSR count). The minimum Gasteiger partial charge on any atom is -0.493 e. The summed E-state index contributed by atoms with van der Waals surface area (Å²) in [6, 6.07) is 7.30. The van der Waals surface area contributed by atoms with E-state index in [0.717, 1.165) is 25.9 Å². The van der Waals surface area contributed by atoms with Gasteiger partial charge in [0.1, 0.15) is 5.75 Å². The number of hydrogen-bond donors (Lipinski definition) is 0. The Morgan fingerprint density at radius 3 is 2.42 bits per heavy atom. The summed E-state index contributed by atoms with van der Waals surface area (Å²) in [7, 11) is 0. The Kier molecular flexibility index (Phi) is 8.46. The molecule has 0 spiro atoms. The molecule has 0 radical (unpaired) electrons. The van der Waals surface area contributed by atoms with Crippen LogP contribution in [-0.2, 0) is 19.1 Å². The van der Waals surface area contributed by atoms with E-state index in [9.17, 15) is 9.59 Å². The molecule has 182 valence electrons. The molecule has 0 aromatic heterocycles.